The summed E-state index contributed by atoms with van der Waals surface area (Å²) in [4.78, 5) is 0.118. The highest BCUT2D eigenvalue weighted by molar-refractivity contribution is 7.92. The first-order valence-electron chi connectivity index (χ1n) is 5.68. The van der Waals surface area contributed by atoms with E-state index in [4.69, 9.17) is 34.3 Å². The fourth-order valence-electron chi connectivity index (χ4n) is 1.37. The van der Waals surface area contributed by atoms with Crippen LogP contribution in [-0.4, -0.2) is 31.0 Å². The fourth-order valence-corrected chi connectivity index (χ4v) is 2.69. The van der Waals surface area contributed by atoms with Crippen molar-refractivity contribution in [3.05, 3.63) is 28.8 Å². The van der Waals surface area contributed by atoms with E-state index in [0.717, 1.165) is 0 Å². The molecule has 0 saturated heterocycles. The van der Waals surface area contributed by atoms with Gasteiger partial charge in [0.25, 0.3) is 0 Å². The number of benzene rings is 1. The van der Waals surface area contributed by atoms with Gasteiger partial charge in [0.15, 0.2) is 9.84 Å². The topological polar surface area (TPSA) is 69.4 Å². The maximum Gasteiger partial charge on any atom is 0.155 e. The second-order valence-electron chi connectivity index (χ2n) is 4.24. The van der Waals surface area contributed by atoms with Crippen LogP contribution in [0.3, 0.4) is 0 Å². The van der Waals surface area contributed by atoms with Crippen molar-refractivity contribution in [1.82, 2.24) is 0 Å². The Hall–Kier alpha value is -0.850. The Balaban J connectivity index is 2.80. The number of thiocarbonyl (C=S) groups is 1. The molecule has 0 amide bonds. The number of nitrogens with two attached hydrogens (primary N) is 1. The van der Waals surface area contributed by atoms with Crippen LogP contribution in [0.5, 0.6) is 5.75 Å². The van der Waals surface area contributed by atoms with E-state index < -0.39 is 15.1 Å². The lowest BCUT2D eigenvalue weighted by Crippen LogP contribution is -2.22. The fraction of sp³-hybridized carbons (Fsp3) is 0.417. The maximum atomic E-state index is 11.6. The largest absolute Gasteiger partial charge is 0.492 e. The van der Waals surface area contributed by atoms with Crippen LogP contribution >= 0.6 is 23.8 Å². The SMILES string of the molecule is CC(C)S(=O)(=O)CCOc1cccc(Cl)c1C(N)=S. The van der Waals surface area contributed by atoms with Crippen LogP contribution in [0.25, 0.3) is 0 Å². The monoisotopic (exact) mass is 321 g/mol. The molecule has 0 fully saturated rings. The normalized spacial score (nSPS) is 11.6. The van der Waals surface area contributed by atoms with Gasteiger partial charge in [-0.3, -0.25) is 0 Å². The maximum absolute atomic E-state index is 11.6. The van der Waals surface area contributed by atoms with Crippen LogP contribution in [0.15, 0.2) is 18.2 Å². The number of sulfone groups is 1. The van der Waals surface area contributed by atoms with Crippen molar-refractivity contribution in [3.63, 3.8) is 0 Å². The molecule has 2 N–H and O–H groups in total. The molecule has 0 spiro atoms. The van der Waals surface area contributed by atoms with E-state index >= 15 is 0 Å². The van der Waals surface area contributed by atoms with E-state index in [-0.39, 0.29) is 17.3 Å². The molecule has 4 nitrogen and oxygen atoms in total. The summed E-state index contributed by atoms with van der Waals surface area (Å²) < 4.78 is 28.7. The van der Waals surface area contributed by atoms with E-state index in [2.05, 4.69) is 0 Å². The first kappa shape index (κ1) is 16.2. The third-order valence-corrected chi connectivity index (χ3v) is 5.26. The first-order chi connectivity index (χ1) is 8.75. The lowest BCUT2D eigenvalue weighted by molar-refractivity contribution is 0.340. The van der Waals surface area contributed by atoms with Crippen LogP contribution in [0.1, 0.15) is 19.4 Å². The highest BCUT2D eigenvalue weighted by Crippen LogP contribution is 2.26. The van der Waals surface area contributed by atoms with Gasteiger partial charge < -0.3 is 10.5 Å². The van der Waals surface area contributed by atoms with E-state index in [9.17, 15) is 8.42 Å². The molecular weight excluding hydrogens is 306 g/mol. The summed E-state index contributed by atoms with van der Waals surface area (Å²) in [6, 6.07) is 4.99. The number of hydrogen-bond donors (Lipinski definition) is 1. The minimum Gasteiger partial charge on any atom is -0.492 e. The second kappa shape index (κ2) is 6.54. The van der Waals surface area contributed by atoms with Gasteiger partial charge in [0, 0.05) is 0 Å². The van der Waals surface area contributed by atoms with Gasteiger partial charge in [-0.2, -0.15) is 0 Å². The van der Waals surface area contributed by atoms with E-state index in [1.54, 1.807) is 32.0 Å². The highest BCUT2D eigenvalue weighted by Gasteiger charge is 2.17. The summed E-state index contributed by atoms with van der Waals surface area (Å²) in [5, 5.41) is -0.0396. The molecule has 1 aromatic rings. The molecule has 0 aliphatic heterocycles. The Bertz CT molecular complexity index is 570. The van der Waals surface area contributed by atoms with Crippen molar-refractivity contribution in [2.24, 2.45) is 5.73 Å². The molecular formula is C12H16ClNO3S2. The molecule has 0 aliphatic rings. The van der Waals surface area contributed by atoms with Gasteiger partial charge in [-0.1, -0.05) is 29.9 Å². The van der Waals surface area contributed by atoms with Gasteiger partial charge in [0.2, 0.25) is 0 Å². The van der Waals surface area contributed by atoms with Crippen LogP contribution in [0.2, 0.25) is 5.02 Å². The van der Waals surface area contributed by atoms with Gasteiger partial charge in [0.05, 0.1) is 21.6 Å². The zero-order valence-electron chi connectivity index (χ0n) is 10.7. The molecule has 106 valence electrons. The van der Waals surface area contributed by atoms with Gasteiger partial charge in [0.1, 0.15) is 17.3 Å². The number of ether oxygens (including phenoxy) is 1. The Morgan fingerprint density at radius 1 is 1.47 bits per heavy atom. The van der Waals surface area contributed by atoms with Crippen molar-refractivity contribution in [1.29, 1.82) is 0 Å². The quantitative estimate of drug-likeness (QED) is 0.813. The Morgan fingerprint density at radius 2 is 2.11 bits per heavy atom. The molecule has 1 aromatic carbocycles. The van der Waals surface area contributed by atoms with Crippen molar-refractivity contribution >= 4 is 38.6 Å². The average molecular weight is 322 g/mol. The molecule has 0 saturated carbocycles. The van der Waals surface area contributed by atoms with Crippen LogP contribution < -0.4 is 10.5 Å². The Labute approximate surface area is 123 Å². The van der Waals surface area contributed by atoms with Gasteiger partial charge >= 0.3 is 0 Å². The lowest BCUT2D eigenvalue weighted by atomic mass is 10.2. The number of rotatable bonds is 6. The van der Waals surface area contributed by atoms with Crippen LogP contribution in [0.4, 0.5) is 0 Å². The first-order valence-corrected chi connectivity index (χ1v) is 8.18. The van der Waals surface area contributed by atoms with Gasteiger partial charge in [-0.05, 0) is 26.0 Å². The molecule has 0 heterocycles. The van der Waals surface area contributed by atoms with Gasteiger partial charge in [-0.15, -0.1) is 0 Å². The molecule has 0 bridgehead atoms. The predicted molar refractivity (Wildman–Crippen MR) is 81.8 cm³/mol. The highest BCUT2D eigenvalue weighted by atomic mass is 35.5. The standard InChI is InChI=1S/C12H16ClNO3S2/c1-8(2)19(15,16)7-6-17-10-5-3-4-9(13)11(10)12(14)18/h3-5,8H,6-7H2,1-2H3,(H2,14,18). The Morgan fingerprint density at radius 3 is 2.63 bits per heavy atom. The van der Waals surface area contributed by atoms with Crippen molar-refractivity contribution in [2.75, 3.05) is 12.4 Å². The minimum absolute atomic E-state index is 0.0382. The average Bonchev–Trinajstić information content (AvgIpc) is 2.27. The second-order valence-corrected chi connectivity index (χ2v) is 7.77. The molecule has 0 unspecified atom stereocenters. The minimum atomic E-state index is -3.13. The summed E-state index contributed by atoms with van der Waals surface area (Å²) >= 11 is 10.9. The summed E-state index contributed by atoms with van der Waals surface area (Å²) in [7, 11) is -3.13. The zero-order valence-corrected chi connectivity index (χ0v) is 13.1. The molecule has 0 atom stereocenters. The Kier molecular flexibility index (Phi) is 5.58. The van der Waals surface area contributed by atoms with E-state index in [1.807, 2.05) is 0 Å². The molecule has 0 aliphatic carbocycles. The van der Waals surface area contributed by atoms with Crippen LogP contribution in [-0.2, 0) is 9.84 Å². The third kappa shape index (κ3) is 4.33. The molecule has 1 rings (SSSR count). The molecule has 0 radical (unpaired) electrons. The number of halogens is 1. The van der Waals surface area contributed by atoms with E-state index in [0.29, 0.717) is 16.3 Å². The summed E-state index contributed by atoms with van der Waals surface area (Å²) in [5.74, 6) is 0.340. The third-order valence-electron chi connectivity index (χ3n) is 2.57. The summed E-state index contributed by atoms with van der Waals surface area (Å²) in [6.45, 7) is 3.31. The van der Waals surface area contributed by atoms with Gasteiger partial charge in [-0.25, -0.2) is 8.42 Å². The number of hydrogen-bond acceptors (Lipinski definition) is 4. The molecule has 19 heavy (non-hydrogen) atoms. The van der Waals surface area contributed by atoms with Crippen molar-refractivity contribution in [2.45, 2.75) is 19.1 Å². The predicted octanol–water partition coefficient (Wildman–Crippen LogP) is 2.18. The summed E-state index contributed by atoms with van der Waals surface area (Å²) in [6.07, 6.45) is 0. The molecule has 0 aromatic heterocycles. The van der Waals surface area contributed by atoms with Crippen LogP contribution in [0, 0.1) is 0 Å². The smallest absolute Gasteiger partial charge is 0.155 e. The zero-order chi connectivity index (χ0) is 14.6. The van der Waals surface area contributed by atoms with E-state index in [1.165, 1.54) is 0 Å². The molecule has 7 heteroatoms. The van der Waals surface area contributed by atoms with Crippen molar-refractivity contribution in [3.8, 4) is 5.75 Å². The van der Waals surface area contributed by atoms with Crippen molar-refractivity contribution < 1.29 is 13.2 Å². The lowest BCUT2D eigenvalue weighted by Gasteiger charge is -2.13. The summed E-state index contributed by atoms with van der Waals surface area (Å²) in [5.41, 5.74) is 6.00.